The Labute approximate surface area is 91.2 Å². The molecular weight excluding hydrogens is 190 g/mol. The molecule has 2 saturated heterocycles. The molecule has 2 aliphatic heterocycles. The van der Waals surface area contributed by atoms with E-state index in [0.29, 0.717) is 11.9 Å². The first-order valence-corrected chi connectivity index (χ1v) is 6.05. The summed E-state index contributed by atoms with van der Waals surface area (Å²) >= 11 is 0. The topological polar surface area (TPSA) is 58.4 Å². The average molecular weight is 211 g/mol. The van der Waals surface area contributed by atoms with Crippen molar-refractivity contribution in [1.82, 2.24) is 10.2 Å². The van der Waals surface area contributed by atoms with Gasteiger partial charge in [0.25, 0.3) is 0 Å². The van der Waals surface area contributed by atoms with E-state index in [2.05, 4.69) is 5.32 Å². The Hall–Kier alpha value is -0.610. The summed E-state index contributed by atoms with van der Waals surface area (Å²) in [5, 5.41) is 3.30. The Morgan fingerprint density at radius 3 is 2.53 bits per heavy atom. The van der Waals surface area contributed by atoms with E-state index in [1.165, 1.54) is 12.8 Å². The van der Waals surface area contributed by atoms with Crippen molar-refractivity contribution >= 4 is 5.91 Å². The van der Waals surface area contributed by atoms with Crippen molar-refractivity contribution in [3.05, 3.63) is 0 Å². The minimum Gasteiger partial charge on any atom is -0.341 e. The van der Waals surface area contributed by atoms with Crippen molar-refractivity contribution in [2.75, 3.05) is 19.6 Å². The normalized spacial score (nSPS) is 29.1. The highest BCUT2D eigenvalue weighted by atomic mass is 16.2. The van der Waals surface area contributed by atoms with Crippen LogP contribution in [0.2, 0.25) is 0 Å². The lowest BCUT2D eigenvalue weighted by Crippen LogP contribution is -2.52. The van der Waals surface area contributed by atoms with Crippen molar-refractivity contribution in [3.63, 3.8) is 0 Å². The molecule has 15 heavy (non-hydrogen) atoms. The molecule has 2 rings (SSSR count). The number of hydrogen-bond acceptors (Lipinski definition) is 3. The summed E-state index contributed by atoms with van der Waals surface area (Å²) in [5.41, 5.74) is 5.82. The van der Waals surface area contributed by atoms with Gasteiger partial charge in [-0.05, 0) is 32.2 Å². The molecule has 4 nitrogen and oxygen atoms in total. The Balaban J connectivity index is 1.84. The van der Waals surface area contributed by atoms with Gasteiger partial charge in [-0.15, -0.1) is 0 Å². The summed E-state index contributed by atoms with van der Waals surface area (Å²) in [5.74, 6) is 0.293. The van der Waals surface area contributed by atoms with Crippen molar-refractivity contribution in [3.8, 4) is 0 Å². The van der Waals surface area contributed by atoms with Crippen LogP contribution in [-0.4, -0.2) is 42.5 Å². The van der Waals surface area contributed by atoms with Gasteiger partial charge in [-0.1, -0.05) is 6.42 Å². The third-order valence-corrected chi connectivity index (χ3v) is 3.46. The molecule has 3 N–H and O–H groups in total. The fourth-order valence-corrected chi connectivity index (χ4v) is 2.40. The van der Waals surface area contributed by atoms with Crippen LogP contribution in [0.1, 0.15) is 32.1 Å². The maximum absolute atomic E-state index is 12.1. The van der Waals surface area contributed by atoms with Crippen LogP contribution in [0.25, 0.3) is 0 Å². The lowest BCUT2D eigenvalue weighted by Gasteiger charge is -2.34. The average Bonchev–Trinajstić information content (AvgIpc) is 2.30. The minimum atomic E-state index is 0.0769. The Morgan fingerprint density at radius 1 is 1.20 bits per heavy atom. The molecule has 4 heteroatoms. The fourth-order valence-electron chi connectivity index (χ4n) is 2.40. The number of amides is 1. The van der Waals surface area contributed by atoms with E-state index in [1.54, 1.807) is 0 Å². The summed E-state index contributed by atoms with van der Waals surface area (Å²) in [7, 11) is 0. The summed E-state index contributed by atoms with van der Waals surface area (Å²) < 4.78 is 0. The highest BCUT2D eigenvalue weighted by Crippen LogP contribution is 2.14. The van der Waals surface area contributed by atoms with Crippen LogP contribution < -0.4 is 11.1 Å². The van der Waals surface area contributed by atoms with Gasteiger partial charge in [0.15, 0.2) is 0 Å². The molecule has 0 aromatic heterocycles. The number of nitrogens with zero attached hydrogens (tertiary/aromatic N) is 1. The molecule has 0 saturated carbocycles. The zero-order valence-corrected chi connectivity index (χ0v) is 9.24. The molecule has 1 atom stereocenters. The van der Waals surface area contributed by atoms with Gasteiger partial charge >= 0.3 is 0 Å². The van der Waals surface area contributed by atoms with Gasteiger partial charge in [-0.3, -0.25) is 4.79 Å². The van der Waals surface area contributed by atoms with Crippen LogP contribution in [-0.2, 0) is 4.79 Å². The molecule has 1 amide bonds. The standard InChI is InChI=1S/C11H21N3O/c12-9-4-7-14(8-5-9)11(15)10-3-1-2-6-13-10/h9-10,13H,1-8,12H2/t10-/m0/s1. The number of nitrogens with one attached hydrogen (secondary N) is 1. The van der Waals surface area contributed by atoms with Crippen molar-refractivity contribution in [1.29, 1.82) is 0 Å². The monoisotopic (exact) mass is 211 g/mol. The van der Waals surface area contributed by atoms with Gasteiger partial charge in [0.2, 0.25) is 5.91 Å². The van der Waals surface area contributed by atoms with Crippen molar-refractivity contribution in [2.24, 2.45) is 5.73 Å². The molecule has 2 aliphatic rings. The van der Waals surface area contributed by atoms with Gasteiger partial charge in [-0.2, -0.15) is 0 Å². The molecule has 0 bridgehead atoms. The first-order valence-electron chi connectivity index (χ1n) is 6.05. The summed E-state index contributed by atoms with van der Waals surface area (Å²) in [6.07, 6.45) is 5.30. The van der Waals surface area contributed by atoms with Gasteiger partial charge in [0.05, 0.1) is 6.04 Å². The fraction of sp³-hybridized carbons (Fsp3) is 0.909. The van der Waals surface area contributed by atoms with Gasteiger partial charge in [0.1, 0.15) is 0 Å². The first kappa shape index (κ1) is 10.9. The number of rotatable bonds is 1. The molecule has 2 heterocycles. The van der Waals surface area contributed by atoms with E-state index in [1.807, 2.05) is 4.90 Å². The molecule has 0 aliphatic carbocycles. The largest absolute Gasteiger partial charge is 0.341 e. The Bertz CT molecular complexity index is 218. The number of carbonyl (C=O) groups is 1. The highest BCUT2D eigenvalue weighted by molar-refractivity contribution is 5.82. The number of nitrogens with two attached hydrogens (primary N) is 1. The summed E-state index contributed by atoms with van der Waals surface area (Å²) in [6.45, 7) is 2.68. The van der Waals surface area contributed by atoms with Crippen molar-refractivity contribution in [2.45, 2.75) is 44.2 Å². The molecule has 0 unspecified atom stereocenters. The highest BCUT2D eigenvalue weighted by Gasteiger charge is 2.27. The minimum absolute atomic E-state index is 0.0769. The summed E-state index contributed by atoms with van der Waals surface area (Å²) in [6, 6.07) is 0.376. The van der Waals surface area contributed by atoms with Crippen LogP contribution in [0.15, 0.2) is 0 Å². The molecule has 0 spiro atoms. The van der Waals surface area contributed by atoms with Crippen LogP contribution in [0.4, 0.5) is 0 Å². The SMILES string of the molecule is NC1CCN(C(=O)[C@@H]2CCCCN2)CC1. The van der Waals surface area contributed by atoms with Crippen LogP contribution in [0, 0.1) is 0 Å². The Morgan fingerprint density at radius 2 is 1.93 bits per heavy atom. The zero-order chi connectivity index (χ0) is 10.7. The Kier molecular flexibility index (Phi) is 3.59. The van der Waals surface area contributed by atoms with Gasteiger partial charge in [-0.25, -0.2) is 0 Å². The predicted molar refractivity (Wildman–Crippen MR) is 59.4 cm³/mol. The number of hydrogen-bond donors (Lipinski definition) is 2. The molecular formula is C11H21N3O. The van der Waals surface area contributed by atoms with Gasteiger partial charge in [0, 0.05) is 19.1 Å². The van der Waals surface area contributed by atoms with E-state index in [-0.39, 0.29) is 6.04 Å². The second-order valence-corrected chi connectivity index (χ2v) is 4.67. The molecule has 0 aromatic carbocycles. The van der Waals surface area contributed by atoms with Crippen molar-refractivity contribution < 1.29 is 4.79 Å². The predicted octanol–water partition coefficient (Wildman–Crippen LogP) is 0.0782. The van der Waals surface area contributed by atoms with E-state index >= 15 is 0 Å². The van der Waals surface area contributed by atoms with Crippen LogP contribution >= 0.6 is 0 Å². The summed E-state index contributed by atoms with van der Waals surface area (Å²) in [4.78, 5) is 14.1. The van der Waals surface area contributed by atoms with E-state index < -0.39 is 0 Å². The van der Waals surface area contributed by atoms with Crippen LogP contribution in [0.3, 0.4) is 0 Å². The maximum Gasteiger partial charge on any atom is 0.239 e. The van der Waals surface area contributed by atoms with E-state index in [0.717, 1.165) is 38.9 Å². The second kappa shape index (κ2) is 4.94. The molecule has 0 radical (unpaired) electrons. The molecule has 86 valence electrons. The van der Waals surface area contributed by atoms with E-state index in [9.17, 15) is 4.79 Å². The number of piperidine rings is 2. The number of carbonyl (C=O) groups excluding carboxylic acids is 1. The van der Waals surface area contributed by atoms with Gasteiger partial charge < -0.3 is 16.0 Å². The van der Waals surface area contributed by atoms with E-state index in [4.69, 9.17) is 5.73 Å². The smallest absolute Gasteiger partial charge is 0.239 e. The number of likely N-dealkylation sites (tertiary alicyclic amines) is 1. The zero-order valence-electron chi connectivity index (χ0n) is 9.24. The third-order valence-electron chi connectivity index (χ3n) is 3.46. The lowest BCUT2D eigenvalue weighted by molar-refractivity contribution is -0.135. The van der Waals surface area contributed by atoms with Crippen LogP contribution in [0.5, 0.6) is 0 Å². The molecule has 0 aromatic rings. The quantitative estimate of drug-likeness (QED) is 0.645. The first-order chi connectivity index (χ1) is 7.27. The second-order valence-electron chi connectivity index (χ2n) is 4.67. The third kappa shape index (κ3) is 2.69. The maximum atomic E-state index is 12.1. The lowest BCUT2D eigenvalue weighted by atomic mass is 10.0. The molecule has 2 fully saturated rings.